The molecule has 0 spiro atoms. The molecule has 1 aromatic rings. The van der Waals surface area contributed by atoms with Gasteiger partial charge in [-0.1, -0.05) is 32.6 Å². The molecule has 1 saturated carbocycles. The average Bonchev–Trinajstić information content (AvgIpc) is 2.68. The highest BCUT2D eigenvalue weighted by atomic mass is 15.3. The number of fused-ring (bicyclic) bond motifs is 1. The molecule has 0 saturated heterocycles. The van der Waals surface area contributed by atoms with Crippen molar-refractivity contribution in [2.24, 2.45) is 5.92 Å². The molecule has 4 nitrogen and oxygen atoms in total. The van der Waals surface area contributed by atoms with Crippen molar-refractivity contribution in [2.75, 3.05) is 6.54 Å². The van der Waals surface area contributed by atoms with Gasteiger partial charge >= 0.3 is 0 Å². The van der Waals surface area contributed by atoms with Gasteiger partial charge in [-0.3, -0.25) is 0 Å². The Hall–Kier alpha value is -0.900. The van der Waals surface area contributed by atoms with Crippen molar-refractivity contribution in [1.29, 1.82) is 0 Å². The van der Waals surface area contributed by atoms with Gasteiger partial charge in [0.25, 0.3) is 0 Å². The molecular formula is C13H22N4. The number of hydrogen-bond donors (Lipinski definition) is 1. The predicted octanol–water partition coefficient (Wildman–Crippen LogP) is 2.07. The molecule has 0 radical (unpaired) electrons. The lowest BCUT2D eigenvalue weighted by Crippen LogP contribution is -2.34. The molecule has 1 fully saturated rings. The summed E-state index contributed by atoms with van der Waals surface area (Å²) in [5, 5.41) is 12.4. The Morgan fingerprint density at radius 1 is 1.35 bits per heavy atom. The normalized spacial score (nSPS) is 24.4. The Kier molecular flexibility index (Phi) is 3.14. The van der Waals surface area contributed by atoms with Gasteiger partial charge in [-0.25, -0.2) is 0 Å². The molecule has 1 aliphatic carbocycles. The number of aromatic nitrogens is 3. The monoisotopic (exact) mass is 234 g/mol. The molecule has 3 rings (SSSR count). The van der Waals surface area contributed by atoms with E-state index in [0.717, 1.165) is 25.4 Å². The first-order chi connectivity index (χ1) is 8.38. The molecule has 1 N–H and O–H groups in total. The molecule has 0 amide bonds. The van der Waals surface area contributed by atoms with Crippen molar-refractivity contribution >= 4 is 0 Å². The first kappa shape index (κ1) is 11.2. The van der Waals surface area contributed by atoms with Gasteiger partial charge in [-0.15, -0.1) is 10.2 Å². The van der Waals surface area contributed by atoms with Gasteiger partial charge in [0.2, 0.25) is 0 Å². The van der Waals surface area contributed by atoms with Crippen LogP contribution >= 0.6 is 0 Å². The van der Waals surface area contributed by atoms with E-state index >= 15 is 0 Å². The van der Waals surface area contributed by atoms with E-state index < -0.39 is 0 Å². The Labute approximate surface area is 103 Å². The Balaban J connectivity index is 1.77. The molecule has 17 heavy (non-hydrogen) atoms. The Morgan fingerprint density at radius 3 is 2.94 bits per heavy atom. The topological polar surface area (TPSA) is 42.7 Å². The first-order valence-electron chi connectivity index (χ1n) is 7.04. The van der Waals surface area contributed by atoms with E-state index in [1.54, 1.807) is 0 Å². The lowest BCUT2D eigenvalue weighted by molar-refractivity contribution is 0.301. The summed E-state index contributed by atoms with van der Waals surface area (Å²) in [6, 6.07) is 0.427. The fourth-order valence-electron chi connectivity index (χ4n) is 2.92. The van der Waals surface area contributed by atoms with E-state index in [1.165, 1.54) is 43.8 Å². The van der Waals surface area contributed by atoms with Crippen LogP contribution in [0.3, 0.4) is 0 Å². The molecule has 0 aromatic carbocycles. The number of rotatable bonds is 4. The summed E-state index contributed by atoms with van der Waals surface area (Å²) in [5.74, 6) is 3.28. The molecule has 1 unspecified atom stereocenters. The SMILES string of the molecule is CCCC1NCCn2c(CC3CCC3)nnc21. The minimum atomic E-state index is 0.427. The number of nitrogens with zero attached hydrogens (tertiary/aromatic N) is 3. The van der Waals surface area contributed by atoms with Crippen LogP contribution in [0.15, 0.2) is 0 Å². The van der Waals surface area contributed by atoms with Gasteiger partial charge < -0.3 is 9.88 Å². The lowest BCUT2D eigenvalue weighted by Gasteiger charge is -2.27. The van der Waals surface area contributed by atoms with Crippen LogP contribution in [-0.2, 0) is 13.0 Å². The number of nitrogens with one attached hydrogen (secondary N) is 1. The smallest absolute Gasteiger partial charge is 0.150 e. The third-order valence-electron chi connectivity index (χ3n) is 4.17. The van der Waals surface area contributed by atoms with Crippen LogP contribution in [0.5, 0.6) is 0 Å². The van der Waals surface area contributed by atoms with Crippen LogP contribution in [0, 0.1) is 5.92 Å². The second-order valence-electron chi connectivity index (χ2n) is 5.42. The molecule has 1 aliphatic heterocycles. The van der Waals surface area contributed by atoms with Crippen molar-refractivity contribution in [3.05, 3.63) is 11.6 Å². The van der Waals surface area contributed by atoms with Gasteiger partial charge in [-0.05, 0) is 12.3 Å². The molecule has 1 atom stereocenters. The summed E-state index contributed by atoms with van der Waals surface area (Å²) < 4.78 is 2.37. The highest BCUT2D eigenvalue weighted by Gasteiger charge is 2.26. The number of hydrogen-bond acceptors (Lipinski definition) is 3. The first-order valence-corrected chi connectivity index (χ1v) is 7.04. The molecule has 4 heteroatoms. The van der Waals surface area contributed by atoms with E-state index in [1.807, 2.05) is 0 Å². The van der Waals surface area contributed by atoms with E-state index in [9.17, 15) is 0 Å². The van der Waals surface area contributed by atoms with Crippen LogP contribution in [0.1, 0.15) is 56.7 Å². The van der Waals surface area contributed by atoms with Crippen LogP contribution in [0.4, 0.5) is 0 Å². The third-order valence-corrected chi connectivity index (χ3v) is 4.17. The van der Waals surface area contributed by atoms with Crippen molar-refractivity contribution < 1.29 is 0 Å². The zero-order valence-corrected chi connectivity index (χ0v) is 10.7. The van der Waals surface area contributed by atoms with Crippen molar-refractivity contribution in [3.63, 3.8) is 0 Å². The fourth-order valence-corrected chi connectivity index (χ4v) is 2.92. The van der Waals surface area contributed by atoms with Crippen LogP contribution in [-0.4, -0.2) is 21.3 Å². The maximum atomic E-state index is 4.43. The van der Waals surface area contributed by atoms with E-state index in [-0.39, 0.29) is 0 Å². The molecule has 2 heterocycles. The van der Waals surface area contributed by atoms with Crippen LogP contribution in [0.2, 0.25) is 0 Å². The standard InChI is InChI=1S/C13H22N4/c1-2-4-11-13-16-15-12(9-10-5-3-6-10)17(13)8-7-14-11/h10-11,14H,2-9H2,1H3. The molecule has 0 bridgehead atoms. The summed E-state index contributed by atoms with van der Waals surface area (Å²) in [5.41, 5.74) is 0. The zero-order chi connectivity index (χ0) is 11.7. The van der Waals surface area contributed by atoms with Gasteiger partial charge in [0.15, 0.2) is 0 Å². The Morgan fingerprint density at radius 2 is 2.24 bits per heavy atom. The second-order valence-corrected chi connectivity index (χ2v) is 5.42. The van der Waals surface area contributed by atoms with Crippen molar-refractivity contribution in [3.8, 4) is 0 Å². The summed E-state index contributed by atoms with van der Waals surface area (Å²) in [4.78, 5) is 0. The van der Waals surface area contributed by atoms with Crippen LogP contribution < -0.4 is 5.32 Å². The highest BCUT2D eigenvalue weighted by Crippen LogP contribution is 2.30. The van der Waals surface area contributed by atoms with Crippen molar-refractivity contribution in [2.45, 2.75) is 58.0 Å². The van der Waals surface area contributed by atoms with Gasteiger partial charge in [0.1, 0.15) is 11.6 Å². The maximum Gasteiger partial charge on any atom is 0.150 e. The minimum Gasteiger partial charge on any atom is -0.312 e. The molecule has 94 valence electrons. The van der Waals surface area contributed by atoms with Crippen molar-refractivity contribution in [1.82, 2.24) is 20.1 Å². The van der Waals surface area contributed by atoms with Gasteiger partial charge in [0, 0.05) is 19.5 Å². The largest absolute Gasteiger partial charge is 0.312 e. The average molecular weight is 234 g/mol. The maximum absolute atomic E-state index is 4.43. The summed E-state index contributed by atoms with van der Waals surface area (Å²) in [6.07, 6.45) is 7.69. The second kappa shape index (κ2) is 4.77. The summed E-state index contributed by atoms with van der Waals surface area (Å²) in [7, 11) is 0. The van der Waals surface area contributed by atoms with E-state index in [4.69, 9.17) is 0 Å². The van der Waals surface area contributed by atoms with Gasteiger partial charge in [0.05, 0.1) is 6.04 Å². The highest BCUT2D eigenvalue weighted by molar-refractivity contribution is 5.05. The lowest BCUT2D eigenvalue weighted by atomic mass is 9.83. The molecular weight excluding hydrogens is 212 g/mol. The van der Waals surface area contributed by atoms with E-state index in [0.29, 0.717) is 6.04 Å². The predicted molar refractivity (Wildman–Crippen MR) is 66.7 cm³/mol. The van der Waals surface area contributed by atoms with Crippen LogP contribution in [0.25, 0.3) is 0 Å². The van der Waals surface area contributed by atoms with E-state index in [2.05, 4.69) is 27.0 Å². The molecule has 2 aliphatic rings. The summed E-state index contributed by atoms with van der Waals surface area (Å²) >= 11 is 0. The molecule has 1 aromatic heterocycles. The minimum absolute atomic E-state index is 0.427. The fraction of sp³-hybridized carbons (Fsp3) is 0.846. The summed E-state index contributed by atoms with van der Waals surface area (Å²) in [6.45, 7) is 4.34. The zero-order valence-electron chi connectivity index (χ0n) is 10.7. The third kappa shape index (κ3) is 2.10. The Bertz CT molecular complexity index is 381. The van der Waals surface area contributed by atoms with Gasteiger partial charge in [-0.2, -0.15) is 0 Å². The quantitative estimate of drug-likeness (QED) is 0.867.